The topological polar surface area (TPSA) is 58.1 Å². The maximum atomic E-state index is 13.6. The van der Waals surface area contributed by atoms with Gasteiger partial charge in [-0.15, -0.1) is 0 Å². The molecule has 1 amide bonds. The molecule has 0 saturated carbocycles. The van der Waals surface area contributed by atoms with Gasteiger partial charge in [-0.2, -0.15) is 0 Å². The van der Waals surface area contributed by atoms with E-state index < -0.39 is 0 Å². The zero-order chi connectivity index (χ0) is 21.1. The summed E-state index contributed by atoms with van der Waals surface area (Å²) in [5.74, 6) is -0.252. The third kappa shape index (κ3) is 4.38. The predicted molar refractivity (Wildman–Crippen MR) is 117 cm³/mol. The molecular formula is C24H23FN4O. The summed E-state index contributed by atoms with van der Waals surface area (Å²) < 4.78 is 13.6. The summed E-state index contributed by atoms with van der Waals surface area (Å²) >= 11 is 0. The van der Waals surface area contributed by atoms with Gasteiger partial charge in [-0.3, -0.25) is 9.78 Å². The van der Waals surface area contributed by atoms with Crippen LogP contribution in [0.4, 0.5) is 15.8 Å². The molecule has 4 rings (SSSR count). The van der Waals surface area contributed by atoms with Crippen LogP contribution in [0.2, 0.25) is 0 Å². The van der Waals surface area contributed by atoms with Crippen LogP contribution in [0.3, 0.4) is 0 Å². The largest absolute Gasteiger partial charge is 0.355 e. The number of hydrogen-bond donors (Lipinski definition) is 1. The Morgan fingerprint density at radius 1 is 1.13 bits per heavy atom. The van der Waals surface area contributed by atoms with Crippen molar-refractivity contribution in [3.8, 4) is 11.3 Å². The number of halogens is 1. The van der Waals surface area contributed by atoms with Gasteiger partial charge in [0.25, 0.3) is 0 Å². The standard InChI is InChI=1S/C24H23FN4O/c1-16-8-9-19(15-29(16)17(2)30)24-13-22(27-21-7-3-6-20(25)11-21)12-23(28-24)18-5-4-10-26-14-18/h3-7,9-14,16H,8,15H2,1-2H3,(H,27,28). The molecule has 1 N–H and O–H groups in total. The highest BCUT2D eigenvalue weighted by molar-refractivity contribution is 5.80. The van der Waals surface area contributed by atoms with Gasteiger partial charge in [-0.05, 0) is 61.4 Å². The van der Waals surface area contributed by atoms with Crippen LogP contribution in [0.1, 0.15) is 26.0 Å². The van der Waals surface area contributed by atoms with Crippen LogP contribution < -0.4 is 5.32 Å². The lowest BCUT2D eigenvalue weighted by atomic mass is 10.00. The molecule has 1 aliphatic heterocycles. The fourth-order valence-corrected chi connectivity index (χ4v) is 3.61. The van der Waals surface area contributed by atoms with Gasteiger partial charge in [0.15, 0.2) is 0 Å². The van der Waals surface area contributed by atoms with Crippen molar-refractivity contribution >= 4 is 22.9 Å². The molecule has 5 nitrogen and oxygen atoms in total. The molecule has 3 aromatic rings. The van der Waals surface area contributed by atoms with E-state index >= 15 is 0 Å². The number of benzene rings is 1. The Morgan fingerprint density at radius 3 is 2.70 bits per heavy atom. The minimum Gasteiger partial charge on any atom is -0.355 e. The molecule has 0 spiro atoms. The van der Waals surface area contributed by atoms with Crippen LogP contribution in [0.15, 0.2) is 67.0 Å². The number of anilines is 2. The van der Waals surface area contributed by atoms with Crippen molar-refractivity contribution in [1.82, 2.24) is 14.9 Å². The van der Waals surface area contributed by atoms with Crippen LogP contribution in [-0.4, -0.2) is 33.4 Å². The normalized spacial score (nSPS) is 16.2. The lowest BCUT2D eigenvalue weighted by molar-refractivity contribution is -0.130. The number of amides is 1. The Hall–Kier alpha value is -3.54. The van der Waals surface area contributed by atoms with Gasteiger partial charge in [0.2, 0.25) is 5.91 Å². The highest BCUT2D eigenvalue weighted by Crippen LogP contribution is 2.29. The van der Waals surface area contributed by atoms with Gasteiger partial charge >= 0.3 is 0 Å². The number of carbonyl (C=O) groups excluding carboxylic acids is 1. The van der Waals surface area contributed by atoms with Crippen LogP contribution in [-0.2, 0) is 4.79 Å². The Balaban J connectivity index is 1.75. The second-order valence-electron chi connectivity index (χ2n) is 7.46. The number of aromatic nitrogens is 2. The highest BCUT2D eigenvalue weighted by atomic mass is 19.1. The van der Waals surface area contributed by atoms with Crippen molar-refractivity contribution < 1.29 is 9.18 Å². The summed E-state index contributed by atoms with van der Waals surface area (Å²) in [4.78, 5) is 22.9. The van der Waals surface area contributed by atoms with E-state index in [0.29, 0.717) is 12.2 Å². The molecule has 1 atom stereocenters. The number of nitrogens with zero attached hydrogens (tertiary/aromatic N) is 3. The average molecular weight is 402 g/mol. The highest BCUT2D eigenvalue weighted by Gasteiger charge is 2.23. The van der Waals surface area contributed by atoms with Crippen LogP contribution >= 0.6 is 0 Å². The molecule has 0 radical (unpaired) electrons. The average Bonchev–Trinajstić information content (AvgIpc) is 2.74. The Labute approximate surface area is 175 Å². The second kappa shape index (κ2) is 8.45. The quantitative estimate of drug-likeness (QED) is 0.663. The zero-order valence-corrected chi connectivity index (χ0v) is 17.0. The summed E-state index contributed by atoms with van der Waals surface area (Å²) in [5, 5.41) is 3.27. The summed E-state index contributed by atoms with van der Waals surface area (Å²) in [6, 6.07) is 14.2. The molecular weight excluding hydrogens is 379 g/mol. The Bertz CT molecular complexity index is 1100. The van der Waals surface area contributed by atoms with Gasteiger partial charge < -0.3 is 10.2 Å². The zero-order valence-electron chi connectivity index (χ0n) is 17.0. The third-order valence-corrected chi connectivity index (χ3v) is 5.21. The number of rotatable bonds is 4. The predicted octanol–water partition coefficient (Wildman–Crippen LogP) is 5.05. The van der Waals surface area contributed by atoms with E-state index in [1.54, 1.807) is 25.4 Å². The van der Waals surface area contributed by atoms with Crippen molar-refractivity contribution in [1.29, 1.82) is 0 Å². The van der Waals surface area contributed by atoms with E-state index in [1.165, 1.54) is 12.1 Å². The maximum absolute atomic E-state index is 13.6. The van der Waals surface area contributed by atoms with E-state index in [4.69, 9.17) is 4.98 Å². The maximum Gasteiger partial charge on any atom is 0.219 e. The number of carbonyl (C=O) groups is 1. The van der Waals surface area contributed by atoms with E-state index in [9.17, 15) is 9.18 Å². The summed E-state index contributed by atoms with van der Waals surface area (Å²) in [5.41, 5.74) is 4.87. The fourth-order valence-electron chi connectivity index (χ4n) is 3.61. The Kier molecular flexibility index (Phi) is 5.57. The van der Waals surface area contributed by atoms with E-state index in [0.717, 1.165) is 34.6 Å². The molecule has 1 aromatic carbocycles. The Morgan fingerprint density at radius 2 is 1.97 bits per heavy atom. The number of hydrogen-bond acceptors (Lipinski definition) is 4. The van der Waals surface area contributed by atoms with E-state index in [-0.39, 0.29) is 17.8 Å². The summed E-state index contributed by atoms with van der Waals surface area (Å²) in [7, 11) is 0. The van der Waals surface area contributed by atoms with Gasteiger partial charge in [-0.25, -0.2) is 9.37 Å². The molecule has 0 fully saturated rings. The molecule has 1 aliphatic rings. The SMILES string of the molecule is CC(=O)N1CC(c2cc(Nc3cccc(F)c3)cc(-c3cccnc3)n2)=CCC1C. The number of pyridine rings is 2. The molecule has 2 aromatic heterocycles. The second-order valence-corrected chi connectivity index (χ2v) is 7.46. The summed E-state index contributed by atoms with van der Waals surface area (Å²) in [6.45, 7) is 4.15. The first-order chi connectivity index (χ1) is 14.5. The van der Waals surface area contributed by atoms with Gasteiger partial charge in [0, 0.05) is 48.8 Å². The molecule has 0 bridgehead atoms. The first kappa shape index (κ1) is 19.8. The van der Waals surface area contributed by atoms with E-state index in [2.05, 4.69) is 16.4 Å². The van der Waals surface area contributed by atoms with Crippen LogP contribution in [0.25, 0.3) is 16.8 Å². The fraction of sp³-hybridized carbons (Fsp3) is 0.208. The van der Waals surface area contributed by atoms with Gasteiger partial charge in [0.05, 0.1) is 11.4 Å². The van der Waals surface area contributed by atoms with Crippen LogP contribution in [0, 0.1) is 5.82 Å². The van der Waals surface area contributed by atoms with Gasteiger partial charge in [0.1, 0.15) is 5.82 Å². The molecule has 6 heteroatoms. The van der Waals surface area contributed by atoms with Crippen molar-refractivity contribution in [2.75, 3.05) is 11.9 Å². The van der Waals surface area contributed by atoms with Crippen molar-refractivity contribution in [2.24, 2.45) is 0 Å². The molecule has 3 heterocycles. The monoisotopic (exact) mass is 402 g/mol. The van der Waals surface area contributed by atoms with Crippen LogP contribution in [0.5, 0.6) is 0 Å². The molecule has 30 heavy (non-hydrogen) atoms. The van der Waals surface area contributed by atoms with E-state index in [1.807, 2.05) is 42.2 Å². The van der Waals surface area contributed by atoms with Gasteiger partial charge in [-0.1, -0.05) is 12.1 Å². The lowest BCUT2D eigenvalue weighted by Gasteiger charge is -2.32. The minimum atomic E-state index is -0.303. The minimum absolute atomic E-state index is 0.0506. The van der Waals surface area contributed by atoms with Crippen molar-refractivity contribution in [3.63, 3.8) is 0 Å². The molecule has 152 valence electrons. The first-order valence-corrected chi connectivity index (χ1v) is 9.91. The van der Waals surface area contributed by atoms with Crippen molar-refractivity contribution in [3.05, 3.63) is 78.5 Å². The molecule has 1 unspecified atom stereocenters. The smallest absolute Gasteiger partial charge is 0.219 e. The van der Waals surface area contributed by atoms with Crippen molar-refractivity contribution in [2.45, 2.75) is 26.3 Å². The first-order valence-electron chi connectivity index (χ1n) is 9.91. The lowest BCUT2D eigenvalue weighted by Crippen LogP contribution is -2.40. The molecule has 0 saturated heterocycles. The molecule has 0 aliphatic carbocycles. The number of nitrogens with one attached hydrogen (secondary N) is 1. The third-order valence-electron chi connectivity index (χ3n) is 5.21. The summed E-state index contributed by atoms with van der Waals surface area (Å²) in [6.07, 6.45) is 6.40.